The van der Waals surface area contributed by atoms with Crippen molar-refractivity contribution in [2.75, 3.05) is 19.6 Å². The fraction of sp³-hybridized carbons (Fsp3) is 0.300. The molecule has 0 N–H and O–H groups in total. The standard InChI is InChI=1S/C20H18ClF2N.ClH/c21-20-11-15(5-4-10-24-8-2-1-3-9-24)6-7-19(20)16-12-17(22)14-18(23)13-16;/h6-7,11-14H,1-3,8-10H2;1H. The summed E-state index contributed by atoms with van der Waals surface area (Å²) in [4.78, 5) is 2.35. The molecule has 1 nitrogen and oxygen atoms in total. The number of piperidine rings is 1. The Morgan fingerprint density at radius 3 is 2.28 bits per heavy atom. The van der Waals surface area contributed by atoms with E-state index in [4.69, 9.17) is 11.6 Å². The summed E-state index contributed by atoms with van der Waals surface area (Å²) in [6.07, 6.45) is 3.79. The highest BCUT2D eigenvalue weighted by atomic mass is 35.5. The van der Waals surface area contributed by atoms with Crippen LogP contribution in [0.25, 0.3) is 11.1 Å². The molecule has 0 aliphatic carbocycles. The predicted molar refractivity (Wildman–Crippen MR) is 101 cm³/mol. The largest absolute Gasteiger partial charge is 0.292 e. The van der Waals surface area contributed by atoms with Crippen LogP contribution in [0.4, 0.5) is 8.78 Å². The molecule has 0 aromatic heterocycles. The Morgan fingerprint density at radius 1 is 0.960 bits per heavy atom. The highest BCUT2D eigenvalue weighted by molar-refractivity contribution is 6.33. The SMILES string of the molecule is Cl.Fc1cc(F)cc(-c2ccc(C#CCN3CCCCC3)cc2Cl)c1. The van der Waals surface area contributed by atoms with Crippen molar-refractivity contribution in [2.24, 2.45) is 0 Å². The summed E-state index contributed by atoms with van der Waals surface area (Å²) in [6.45, 7) is 2.98. The Bertz CT molecular complexity index is 770. The number of likely N-dealkylation sites (tertiary alicyclic amines) is 1. The molecule has 1 aliphatic rings. The first-order chi connectivity index (χ1) is 11.6. The van der Waals surface area contributed by atoms with Crippen molar-refractivity contribution in [3.8, 4) is 23.0 Å². The third-order valence-electron chi connectivity index (χ3n) is 4.13. The van der Waals surface area contributed by atoms with Gasteiger partial charge in [0.25, 0.3) is 0 Å². The molecule has 1 heterocycles. The van der Waals surface area contributed by atoms with Crippen LogP contribution in [0.2, 0.25) is 5.02 Å². The van der Waals surface area contributed by atoms with E-state index in [2.05, 4.69) is 16.7 Å². The van der Waals surface area contributed by atoms with Crippen LogP contribution in [0.3, 0.4) is 0 Å². The van der Waals surface area contributed by atoms with Gasteiger partial charge in [0.2, 0.25) is 0 Å². The van der Waals surface area contributed by atoms with Crippen LogP contribution in [0.1, 0.15) is 24.8 Å². The van der Waals surface area contributed by atoms with Crippen LogP contribution < -0.4 is 0 Å². The number of rotatable bonds is 2. The quantitative estimate of drug-likeness (QED) is 0.616. The molecule has 1 fully saturated rings. The molecule has 5 heteroatoms. The molecule has 25 heavy (non-hydrogen) atoms. The molecule has 0 bridgehead atoms. The van der Waals surface area contributed by atoms with Gasteiger partial charge in [-0.05, 0) is 55.8 Å². The predicted octanol–water partition coefficient (Wildman–Crippen LogP) is 5.54. The van der Waals surface area contributed by atoms with E-state index >= 15 is 0 Å². The molecule has 1 saturated heterocycles. The average molecular weight is 382 g/mol. The van der Waals surface area contributed by atoms with Gasteiger partial charge >= 0.3 is 0 Å². The summed E-state index contributed by atoms with van der Waals surface area (Å²) in [6, 6.07) is 8.70. The average Bonchev–Trinajstić information content (AvgIpc) is 2.55. The lowest BCUT2D eigenvalue weighted by atomic mass is 10.0. The van der Waals surface area contributed by atoms with Crippen LogP contribution in [0, 0.1) is 23.5 Å². The Labute approximate surface area is 158 Å². The number of benzene rings is 2. The maximum absolute atomic E-state index is 13.4. The second kappa shape index (κ2) is 9.20. The minimum absolute atomic E-state index is 0. The van der Waals surface area contributed by atoms with Gasteiger partial charge in [-0.25, -0.2) is 8.78 Å². The third-order valence-corrected chi connectivity index (χ3v) is 4.44. The third kappa shape index (κ3) is 5.44. The summed E-state index contributed by atoms with van der Waals surface area (Å²) in [7, 11) is 0. The molecule has 3 rings (SSSR count). The van der Waals surface area contributed by atoms with Crippen molar-refractivity contribution in [1.29, 1.82) is 0 Å². The van der Waals surface area contributed by atoms with Gasteiger partial charge in [0.05, 0.1) is 6.54 Å². The molecule has 0 saturated carbocycles. The monoisotopic (exact) mass is 381 g/mol. The zero-order valence-electron chi connectivity index (χ0n) is 13.7. The molecule has 1 aliphatic heterocycles. The molecule has 0 amide bonds. The smallest absolute Gasteiger partial charge is 0.126 e. The van der Waals surface area contributed by atoms with E-state index < -0.39 is 11.6 Å². The van der Waals surface area contributed by atoms with Crippen LogP contribution in [0.5, 0.6) is 0 Å². The normalized spacial score (nSPS) is 14.4. The lowest BCUT2D eigenvalue weighted by molar-refractivity contribution is 0.255. The van der Waals surface area contributed by atoms with Crippen molar-refractivity contribution in [2.45, 2.75) is 19.3 Å². The summed E-state index contributed by atoms with van der Waals surface area (Å²) >= 11 is 6.27. The van der Waals surface area contributed by atoms with Crippen molar-refractivity contribution < 1.29 is 8.78 Å². The zero-order chi connectivity index (χ0) is 16.9. The molecule has 0 spiro atoms. The highest BCUT2D eigenvalue weighted by Crippen LogP contribution is 2.29. The van der Waals surface area contributed by atoms with Gasteiger partial charge < -0.3 is 0 Å². The van der Waals surface area contributed by atoms with Crippen LogP contribution in [-0.2, 0) is 0 Å². The Hall–Kier alpha value is -1.60. The van der Waals surface area contributed by atoms with E-state index in [1.807, 2.05) is 6.07 Å². The number of hydrogen-bond acceptors (Lipinski definition) is 1. The molecule has 2 aromatic rings. The summed E-state index contributed by atoms with van der Waals surface area (Å²) < 4.78 is 26.7. The van der Waals surface area contributed by atoms with Gasteiger partial charge in [0.15, 0.2) is 0 Å². The van der Waals surface area contributed by atoms with Gasteiger partial charge in [0.1, 0.15) is 11.6 Å². The maximum atomic E-state index is 13.4. The molecule has 132 valence electrons. The van der Waals surface area contributed by atoms with Gasteiger partial charge in [-0.1, -0.05) is 35.9 Å². The minimum Gasteiger partial charge on any atom is -0.292 e. The summed E-state index contributed by atoms with van der Waals surface area (Å²) in [5, 5.41) is 0.435. The second-order valence-corrected chi connectivity index (χ2v) is 6.40. The topological polar surface area (TPSA) is 3.24 Å². The van der Waals surface area contributed by atoms with Crippen molar-refractivity contribution in [3.63, 3.8) is 0 Å². The fourth-order valence-electron chi connectivity index (χ4n) is 2.91. The van der Waals surface area contributed by atoms with Crippen molar-refractivity contribution in [1.82, 2.24) is 4.90 Å². The minimum atomic E-state index is -0.619. The van der Waals surface area contributed by atoms with E-state index in [1.54, 1.807) is 12.1 Å². The highest BCUT2D eigenvalue weighted by Gasteiger charge is 2.09. The van der Waals surface area contributed by atoms with Crippen molar-refractivity contribution >= 4 is 24.0 Å². The van der Waals surface area contributed by atoms with Crippen LogP contribution >= 0.6 is 24.0 Å². The summed E-state index contributed by atoms with van der Waals surface area (Å²) in [5.41, 5.74) is 1.82. The zero-order valence-corrected chi connectivity index (χ0v) is 15.3. The Morgan fingerprint density at radius 2 is 1.64 bits per heavy atom. The summed E-state index contributed by atoms with van der Waals surface area (Å²) in [5.74, 6) is 5.05. The molecule has 0 atom stereocenters. The van der Waals surface area contributed by atoms with Gasteiger partial charge in [-0.3, -0.25) is 4.90 Å². The molecular formula is C20H19Cl2F2N. The number of nitrogens with zero attached hydrogens (tertiary/aromatic N) is 1. The first-order valence-electron chi connectivity index (χ1n) is 8.09. The van der Waals surface area contributed by atoms with Crippen LogP contribution in [0.15, 0.2) is 36.4 Å². The molecule has 2 aromatic carbocycles. The molecule has 0 unspecified atom stereocenters. The Kier molecular flexibility index (Phi) is 7.25. The fourth-order valence-corrected chi connectivity index (χ4v) is 3.20. The second-order valence-electron chi connectivity index (χ2n) is 5.99. The van der Waals surface area contributed by atoms with Gasteiger partial charge in [-0.15, -0.1) is 12.4 Å². The Balaban J connectivity index is 0.00000225. The van der Waals surface area contributed by atoms with Gasteiger partial charge in [-0.2, -0.15) is 0 Å². The lowest BCUT2D eigenvalue weighted by Gasteiger charge is -2.23. The van der Waals surface area contributed by atoms with E-state index in [9.17, 15) is 8.78 Å². The first kappa shape index (κ1) is 19.7. The molecule has 0 radical (unpaired) electrons. The lowest BCUT2D eigenvalue weighted by Crippen LogP contribution is -2.29. The van der Waals surface area contributed by atoms with Gasteiger partial charge in [0, 0.05) is 22.2 Å². The van der Waals surface area contributed by atoms with E-state index in [0.29, 0.717) is 16.1 Å². The van der Waals surface area contributed by atoms with Crippen LogP contribution in [-0.4, -0.2) is 24.5 Å². The maximum Gasteiger partial charge on any atom is 0.126 e. The van der Waals surface area contributed by atoms with Crippen molar-refractivity contribution in [3.05, 3.63) is 58.6 Å². The molecular weight excluding hydrogens is 363 g/mol. The van der Waals surface area contributed by atoms with E-state index in [1.165, 1.54) is 31.4 Å². The number of halogens is 4. The first-order valence-corrected chi connectivity index (χ1v) is 8.47. The van der Waals surface area contributed by atoms with E-state index in [-0.39, 0.29) is 12.4 Å². The van der Waals surface area contributed by atoms with E-state index in [0.717, 1.165) is 31.3 Å². The number of hydrogen-bond donors (Lipinski definition) is 0.